The molecule has 20 heavy (non-hydrogen) atoms. The van der Waals surface area contributed by atoms with Gasteiger partial charge in [0.1, 0.15) is 0 Å². The number of nitrogens with one attached hydrogen (secondary N) is 2. The molecule has 0 unspecified atom stereocenters. The molecule has 0 saturated heterocycles. The molecule has 0 saturated carbocycles. The normalized spacial score (nSPS) is 10.2. The Morgan fingerprint density at radius 2 is 2.05 bits per heavy atom. The first kappa shape index (κ1) is 14.5. The van der Waals surface area contributed by atoms with Crippen molar-refractivity contribution in [1.29, 1.82) is 0 Å². The van der Waals surface area contributed by atoms with Gasteiger partial charge in [-0.3, -0.25) is 4.79 Å². The highest BCUT2D eigenvalue weighted by atomic mass is 79.9. The van der Waals surface area contributed by atoms with Gasteiger partial charge in [0, 0.05) is 16.4 Å². The van der Waals surface area contributed by atoms with E-state index in [9.17, 15) is 4.79 Å². The van der Waals surface area contributed by atoms with Gasteiger partial charge in [-0.1, -0.05) is 17.7 Å². The molecular formula is C14H15BrN4O. The van der Waals surface area contributed by atoms with Gasteiger partial charge in [-0.15, -0.1) is 0 Å². The molecule has 0 bridgehead atoms. The third kappa shape index (κ3) is 3.15. The van der Waals surface area contributed by atoms with Crippen molar-refractivity contribution >= 4 is 33.3 Å². The molecule has 2 aromatic rings. The van der Waals surface area contributed by atoms with Gasteiger partial charge in [-0.25, -0.2) is 10.8 Å². The molecule has 4 N–H and O–H groups in total. The van der Waals surface area contributed by atoms with Crippen LogP contribution in [0, 0.1) is 13.8 Å². The molecule has 1 aromatic carbocycles. The SMILES string of the molecule is Cc1ccc(NC(=O)c2cc(Br)cnc2NN)c(C)c1. The van der Waals surface area contributed by atoms with E-state index in [1.165, 1.54) is 0 Å². The third-order valence-corrected chi connectivity index (χ3v) is 3.30. The number of aryl methyl sites for hydroxylation is 2. The van der Waals surface area contributed by atoms with Gasteiger partial charge in [0.05, 0.1) is 5.56 Å². The van der Waals surface area contributed by atoms with Gasteiger partial charge < -0.3 is 10.7 Å². The van der Waals surface area contributed by atoms with Crippen LogP contribution in [-0.4, -0.2) is 10.9 Å². The second-order valence-corrected chi connectivity index (χ2v) is 5.38. The van der Waals surface area contributed by atoms with E-state index in [1.54, 1.807) is 12.3 Å². The van der Waals surface area contributed by atoms with E-state index in [1.807, 2.05) is 32.0 Å². The van der Waals surface area contributed by atoms with E-state index in [0.717, 1.165) is 16.8 Å². The van der Waals surface area contributed by atoms with E-state index in [-0.39, 0.29) is 5.91 Å². The number of pyridine rings is 1. The van der Waals surface area contributed by atoms with Gasteiger partial charge in [-0.2, -0.15) is 0 Å². The maximum atomic E-state index is 12.3. The molecule has 5 nitrogen and oxygen atoms in total. The number of aromatic nitrogens is 1. The van der Waals surface area contributed by atoms with Crippen LogP contribution < -0.4 is 16.6 Å². The molecule has 1 amide bonds. The second kappa shape index (κ2) is 6.02. The molecule has 1 heterocycles. The highest BCUT2D eigenvalue weighted by Crippen LogP contribution is 2.21. The van der Waals surface area contributed by atoms with Gasteiger partial charge >= 0.3 is 0 Å². The number of hydrogen-bond acceptors (Lipinski definition) is 4. The largest absolute Gasteiger partial charge is 0.322 e. The molecule has 2 rings (SSSR count). The number of nitrogens with zero attached hydrogens (tertiary/aromatic N) is 1. The van der Waals surface area contributed by atoms with Crippen LogP contribution in [0.15, 0.2) is 34.9 Å². The number of amides is 1. The Kier molecular flexibility index (Phi) is 4.36. The zero-order valence-corrected chi connectivity index (χ0v) is 12.8. The molecule has 104 valence electrons. The van der Waals surface area contributed by atoms with Crippen molar-refractivity contribution < 1.29 is 4.79 Å². The van der Waals surface area contributed by atoms with Crippen molar-refractivity contribution in [3.8, 4) is 0 Å². The predicted octanol–water partition coefficient (Wildman–Crippen LogP) is 3.00. The van der Waals surface area contributed by atoms with Crippen molar-refractivity contribution in [1.82, 2.24) is 4.98 Å². The first-order chi connectivity index (χ1) is 9.51. The van der Waals surface area contributed by atoms with Crippen LogP contribution in [0.1, 0.15) is 21.5 Å². The first-order valence-electron chi connectivity index (χ1n) is 6.02. The molecule has 1 aromatic heterocycles. The van der Waals surface area contributed by atoms with Crippen molar-refractivity contribution in [3.63, 3.8) is 0 Å². The van der Waals surface area contributed by atoms with Crippen molar-refractivity contribution in [3.05, 3.63) is 51.6 Å². The van der Waals surface area contributed by atoms with E-state index in [0.29, 0.717) is 15.9 Å². The zero-order valence-electron chi connectivity index (χ0n) is 11.2. The molecular weight excluding hydrogens is 320 g/mol. The van der Waals surface area contributed by atoms with Crippen LogP contribution in [0.2, 0.25) is 0 Å². The second-order valence-electron chi connectivity index (χ2n) is 4.47. The quantitative estimate of drug-likeness (QED) is 0.595. The average Bonchev–Trinajstić information content (AvgIpc) is 2.41. The molecule has 0 aliphatic rings. The summed E-state index contributed by atoms with van der Waals surface area (Å²) < 4.78 is 0.710. The van der Waals surface area contributed by atoms with Crippen LogP contribution in [-0.2, 0) is 0 Å². The summed E-state index contributed by atoms with van der Waals surface area (Å²) in [6, 6.07) is 7.51. The fourth-order valence-corrected chi connectivity index (χ4v) is 2.20. The summed E-state index contributed by atoms with van der Waals surface area (Å²) in [6.45, 7) is 3.96. The number of halogens is 1. The number of carbonyl (C=O) groups excluding carboxylic acids is 1. The third-order valence-electron chi connectivity index (χ3n) is 2.87. The number of nitrogen functional groups attached to an aromatic ring is 1. The van der Waals surface area contributed by atoms with E-state index in [2.05, 4.69) is 31.7 Å². The fourth-order valence-electron chi connectivity index (χ4n) is 1.87. The lowest BCUT2D eigenvalue weighted by molar-refractivity contribution is 0.102. The topological polar surface area (TPSA) is 80.0 Å². The minimum atomic E-state index is -0.265. The highest BCUT2D eigenvalue weighted by Gasteiger charge is 2.14. The summed E-state index contributed by atoms with van der Waals surface area (Å²) in [5, 5.41) is 2.86. The number of hydrogen-bond donors (Lipinski definition) is 3. The minimum Gasteiger partial charge on any atom is -0.322 e. The molecule has 0 radical (unpaired) electrons. The minimum absolute atomic E-state index is 0.265. The number of benzene rings is 1. The number of hydrazine groups is 1. The van der Waals surface area contributed by atoms with Crippen molar-refractivity contribution in [2.45, 2.75) is 13.8 Å². The Labute approximate surface area is 125 Å². The number of nitrogens with two attached hydrogens (primary N) is 1. The summed E-state index contributed by atoms with van der Waals surface area (Å²) in [5.74, 6) is 5.44. The molecule has 0 aliphatic carbocycles. The van der Waals surface area contributed by atoms with Crippen LogP contribution in [0.3, 0.4) is 0 Å². The molecule has 0 spiro atoms. The maximum absolute atomic E-state index is 12.3. The van der Waals surface area contributed by atoms with Gasteiger partial charge in [0.25, 0.3) is 5.91 Å². The summed E-state index contributed by atoms with van der Waals surface area (Å²) in [7, 11) is 0. The predicted molar refractivity (Wildman–Crippen MR) is 83.6 cm³/mol. The van der Waals surface area contributed by atoms with Gasteiger partial charge in [-0.05, 0) is 47.5 Å². The average molecular weight is 335 g/mol. The van der Waals surface area contributed by atoms with Crippen molar-refractivity contribution in [2.75, 3.05) is 10.7 Å². The molecule has 0 atom stereocenters. The lowest BCUT2D eigenvalue weighted by Crippen LogP contribution is -2.18. The molecule has 0 fully saturated rings. The highest BCUT2D eigenvalue weighted by molar-refractivity contribution is 9.10. The molecule has 6 heteroatoms. The lowest BCUT2D eigenvalue weighted by Gasteiger charge is -2.11. The van der Waals surface area contributed by atoms with Crippen LogP contribution in [0.4, 0.5) is 11.5 Å². The number of anilines is 2. The van der Waals surface area contributed by atoms with Gasteiger partial charge in [0.2, 0.25) is 0 Å². The number of rotatable bonds is 3. The first-order valence-corrected chi connectivity index (χ1v) is 6.81. The Hall–Kier alpha value is -1.92. The summed E-state index contributed by atoms with van der Waals surface area (Å²) >= 11 is 3.29. The Morgan fingerprint density at radius 1 is 1.30 bits per heavy atom. The summed E-state index contributed by atoms with van der Waals surface area (Å²) in [6.07, 6.45) is 1.57. The van der Waals surface area contributed by atoms with E-state index in [4.69, 9.17) is 5.84 Å². The molecule has 0 aliphatic heterocycles. The standard InChI is InChI=1S/C14H15BrN4O/c1-8-3-4-12(9(2)5-8)18-14(20)11-6-10(15)7-17-13(11)19-16/h3-7H,16H2,1-2H3,(H,17,19)(H,18,20). The maximum Gasteiger partial charge on any atom is 0.259 e. The Balaban J connectivity index is 2.30. The van der Waals surface area contributed by atoms with E-state index >= 15 is 0 Å². The van der Waals surface area contributed by atoms with Gasteiger partial charge in [0.15, 0.2) is 5.82 Å². The summed E-state index contributed by atoms with van der Waals surface area (Å²) in [5.41, 5.74) is 5.71. The van der Waals surface area contributed by atoms with Crippen molar-refractivity contribution in [2.24, 2.45) is 5.84 Å². The van der Waals surface area contributed by atoms with Crippen LogP contribution in [0.5, 0.6) is 0 Å². The zero-order chi connectivity index (χ0) is 14.7. The monoisotopic (exact) mass is 334 g/mol. The lowest BCUT2D eigenvalue weighted by atomic mass is 10.1. The van der Waals surface area contributed by atoms with E-state index < -0.39 is 0 Å². The Morgan fingerprint density at radius 3 is 2.70 bits per heavy atom. The van der Waals surface area contributed by atoms with Crippen LogP contribution >= 0.6 is 15.9 Å². The number of carbonyl (C=O) groups is 1. The van der Waals surface area contributed by atoms with Crippen LogP contribution in [0.25, 0.3) is 0 Å². The fraction of sp³-hybridized carbons (Fsp3) is 0.143. The summed E-state index contributed by atoms with van der Waals surface area (Å²) in [4.78, 5) is 16.4. The smallest absolute Gasteiger partial charge is 0.259 e. The Bertz CT molecular complexity index is 658.